The van der Waals surface area contributed by atoms with E-state index in [4.69, 9.17) is 15.2 Å². The smallest absolute Gasteiger partial charge is 0.140 e. The molecule has 0 saturated carbocycles. The van der Waals surface area contributed by atoms with E-state index in [0.29, 0.717) is 6.61 Å². The lowest BCUT2D eigenvalue weighted by Gasteiger charge is -2.24. The van der Waals surface area contributed by atoms with Crippen molar-refractivity contribution in [1.82, 2.24) is 0 Å². The number of hydrogen-bond donors (Lipinski definition) is 1. The molecule has 0 saturated heterocycles. The molecule has 1 heterocycles. The molecule has 2 rings (SSSR count). The van der Waals surface area contributed by atoms with Crippen LogP contribution in [0.4, 0.5) is 0 Å². The van der Waals surface area contributed by atoms with Gasteiger partial charge >= 0.3 is 0 Å². The zero-order valence-electron chi connectivity index (χ0n) is 7.92. The van der Waals surface area contributed by atoms with Crippen molar-refractivity contribution in [3.8, 4) is 11.5 Å². The van der Waals surface area contributed by atoms with E-state index in [9.17, 15) is 0 Å². The lowest BCUT2D eigenvalue weighted by Crippen LogP contribution is -2.34. The van der Waals surface area contributed by atoms with Gasteiger partial charge in [0, 0.05) is 11.6 Å². The fourth-order valence-electron chi connectivity index (χ4n) is 1.63. The van der Waals surface area contributed by atoms with Gasteiger partial charge in [-0.1, -0.05) is 0 Å². The van der Waals surface area contributed by atoms with Crippen LogP contribution in [-0.4, -0.2) is 19.8 Å². The summed E-state index contributed by atoms with van der Waals surface area (Å²) in [7, 11) is 1.66. The first kappa shape index (κ1) is 9.80. The zero-order chi connectivity index (χ0) is 10.1. The van der Waals surface area contributed by atoms with E-state index >= 15 is 0 Å². The second kappa shape index (κ2) is 3.79. The van der Waals surface area contributed by atoms with Crippen molar-refractivity contribution in [2.45, 2.75) is 12.5 Å². The zero-order valence-corrected chi connectivity index (χ0v) is 9.50. The highest BCUT2D eigenvalue weighted by atomic mass is 79.9. The average molecular weight is 258 g/mol. The molecule has 1 unspecified atom stereocenters. The maximum atomic E-state index is 5.83. The lowest BCUT2D eigenvalue weighted by molar-refractivity contribution is 0.257. The van der Waals surface area contributed by atoms with Gasteiger partial charge < -0.3 is 15.2 Å². The van der Waals surface area contributed by atoms with Gasteiger partial charge in [0.05, 0.1) is 11.6 Å². The van der Waals surface area contributed by atoms with Crippen molar-refractivity contribution in [2.75, 3.05) is 13.7 Å². The summed E-state index contributed by atoms with van der Waals surface area (Å²) in [5, 5.41) is 0. The fourth-order valence-corrected chi connectivity index (χ4v) is 2.12. The van der Waals surface area contributed by atoms with Crippen LogP contribution in [0.3, 0.4) is 0 Å². The molecule has 1 aromatic rings. The number of ether oxygens (including phenoxy) is 2. The summed E-state index contributed by atoms with van der Waals surface area (Å²) in [5.41, 5.74) is 6.88. The molecular weight excluding hydrogens is 246 g/mol. The first-order valence-corrected chi connectivity index (χ1v) is 5.25. The molecule has 1 aliphatic heterocycles. The van der Waals surface area contributed by atoms with Crippen molar-refractivity contribution in [2.24, 2.45) is 5.73 Å². The molecular formula is C10H12BrNO2. The van der Waals surface area contributed by atoms with Gasteiger partial charge in [-0.2, -0.15) is 0 Å². The third kappa shape index (κ3) is 1.60. The normalized spacial score (nSPS) is 19.8. The molecule has 0 amide bonds. The molecule has 4 heteroatoms. The van der Waals surface area contributed by atoms with E-state index in [-0.39, 0.29) is 6.04 Å². The quantitative estimate of drug-likeness (QED) is 0.834. The molecule has 0 radical (unpaired) electrons. The molecule has 76 valence electrons. The van der Waals surface area contributed by atoms with Crippen molar-refractivity contribution in [3.63, 3.8) is 0 Å². The maximum absolute atomic E-state index is 5.83. The van der Waals surface area contributed by atoms with Crippen LogP contribution in [-0.2, 0) is 6.42 Å². The van der Waals surface area contributed by atoms with Crippen LogP contribution in [0.5, 0.6) is 11.5 Å². The van der Waals surface area contributed by atoms with Crippen molar-refractivity contribution < 1.29 is 9.47 Å². The monoisotopic (exact) mass is 257 g/mol. The van der Waals surface area contributed by atoms with Crippen LogP contribution in [0.1, 0.15) is 5.56 Å². The summed E-state index contributed by atoms with van der Waals surface area (Å²) in [4.78, 5) is 0. The predicted octanol–water partition coefficient (Wildman–Crippen LogP) is 1.72. The van der Waals surface area contributed by atoms with Gasteiger partial charge in [-0.3, -0.25) is 0 Å². The van der Waals surface area contributed by atoms with E-state index in [1.54, 1.807) is 7.11 Å². The molecule has 0 aliphatic carbocycles. The molecule has 0 bridgehead atoms. The van der Waals surface area contributed by atoms with Crippen LogP contribution < -0.4 is 15.2 Å². The van der Waals surface area contributed by atoms with Crippen LogP contribution >= 0.6 is 15.9 Å². The van der Waals surface area contributed by atoms with Crippen molar-refractivity contribution >= 4 is 15.9 Å². The number of halogens is 1. The Kier molecular flexibility index (Phi) is 2.65. The van der Waals surface area contributed by atoms with Gasteiger partial charge in [-0.05, 0) is 34.5 Å². The second-order valence-corrected chi connectivity index (χ2v) is 4.19. The van der Waals surface area contributed by atoms with Gasteiger partial charge in [0.1, 0.15) is 18.1 Å². The van der Waals surface area contributed by atoms with E-state index in [1.807, 2.05) is 12.1 Å². The molecule has 0 spiro atoms. The molecule has 0 aromatic heterocycles. The van der Waals surface area contributed by atoms with Crippen LogP contribution in [0.25, 0.3) is 0 Å². The summed E-state index contributed by atoms with van der Waals surface area (Å²) in [5.74, 6) is 1.71. The topological polar surface area (TPSA) is 44.5 Å². The number of benzene rings is 1. The highest BCUT2D eigenvalue weighted by Gasteiger charge is 2.22. The summed E-state index contributed by atoms with van der Waals surface area (Å²) < 4.78 is 11.8. The molecule has 1 aromatic carbocycles. The summed E-state index contributed by atoms with van der Waals surface area (Å²) in [6.07, 6.45) is 0.804. The van der Waals surface area contributed by atoms with Crippen molar-refractivity contribution in [1.29, 1.82) is 0 Å². The highest BCUT2D eigenvalue weighted by Crippen LogP contribution is 2.38. The van der Waals surface area contributed by atoms with Crippen molar-refractivity contribution in [3.05, 3.63) is 22.2 Å². The van der Waals surface area contributed by atoms with E-state index < -0.39 is 0 Å². The predicted molar refractivity (Wildman–Crippen MR) is 57.9 cm³/mol. The van der Waals surface area contributed by atoms with Crippen LogP contribution in [0.2, 0.25) is 0 Å². The molecule has 2 N–H and O–H groups in total. The standard InChI is InChI=1S/C10H12BrNO2/c1-13-9-3-2-8(11)10-7(9)4-6(12)5-14-10/h2-3,6H,4-5,12H2,1H3. The number of methoxy groups -OCH3 is 1. The Morgan fingerprint density at radius 2 is 2.36 bits per heavy atom. The Morgan fingerprint density at radius 3 is 3.07 bits per heavy atom. The van der Waals surface area contributed by atoms with Gasteiger partial charge in [0.15, 0.2) is 0 Å². The minimum absolute atomic E-state index is 0.0608. The minimum Gasteiger partial charge on any atom is -0.496 e. The van der Waals surface area contributed by atoms with Gasteiger partial charge in [-0.15, -0.1) is 0 Å². The van der Waals surface area contributed by atoms with Gasteiger partial charge in [0.2, 0.25) is 0 Å². The Hall–Kier alpha value is -0.740. The highest BCUT2D eigenvalue weighted by molar-refractivity contribution is 9.10. The Labute approximate surface area is 91.3 Å². The first-order chi connectivity index (χ1) is 6.72. The van der Waals surface area contributed by atoms with Crippen LogP contribution in [0.15, 0.2) is 16.6 Å². The molecule has 1 atom stereocenters. The second-order valence-electron chi connectivity index (χ2n) is 3.33. The summed E-state index contributed by atoms with van der Waals surface area (Å²) >= 11 is 3.44. The van der Waals surface area contributed by atoms with Crippen LogP contribution in [0, 0.1) is 0 Å². The number of nitrogens with two attached hydrogens (primary N) is 1. The Bertz CT molecular complexity index is 354. The number of rotatable bonds is 1. The Morgan fingerprint density at radius 1 is 1.57 bits per heavy atom. The van der Waals surface area contributed by atoms with Gasteiger partial charge in [-0.25, -0.2) is 0 Å². The maximum Gasteiger partial charge on any atom is 0.140 e. The van der Waals surface area contributed by atoms with Gasteiger partial charge in [0.25, 0.3) is 0 Å². The first-order valence-electron chi connectivity index (χ1n) is 4.46. The summed E-state index contributed by atoms with van der Waals surface area (Å²) in [6.45, 7) is 0.568. The van der Waals surface area contributed by atoms with E-state index in [0.717, 1.165) is 28.0 Å². The third-order valence-corrected chi connectivity index (χ3v) is 2.92. The number of hydrogen-bond acceptors (Lipinski definition) is 3. The molecule has 1 aliphatic rings. The Balaban J connectivity index is 2.49. The SMILES string of the molecule is COc1ccc(Br)c2c1CC(N)CO2. The minimum atomic E-state index is 0.0608. The fraction of sp³-hybridized carbons (Fsp3) is 0.400. The molecule has 0 fully saturated rings. The average Bonchev–Trinajstić information content (AvgIpc) is 2.18. The summed E-state index contributed by atoms with van der Waals surface area (Å²) in [6, 6.07) is 3.91. The largest absolute Gasteiger partial charge is 0.496 e. The molecule has 3 nitrogen and oxygen atoms in total. The lowest BCUT2D eigenvalue weighted by atomic mass is 10.0. The van der Waals surface area contributed by atoms with E-state index in [2.05, 4.69) is 15.9 Å². The number of fused-ring (bicyclic) bond motifs is 1. The molecule has 14 heavy (non-hydrogen) atoms. The van der Waals surface area contributed by atoms with E-state index in [1.165, 1.54) is 0 Å². The third-order valence-electron chi connectivity index (χ3n) is 2.30.